The van der Waals surface area contributed by atoms with E-state index in [1.165, 1.54) is 6.42 Å². The van der Waals surface area contributed by atoms with Gasteiger partial charge in [0.25, 0.3) is 5.91 Å². The molecule has 0 aromatic heterocycles. The molecular weight excluding hydrogens is 350 g/mol. The fourth-order valence-corrected chi connectivity index (χ4v) is 3.93. The number of hydrogen-bond acceptors (Lipinski definition) is 3. The molecule has 1 fully saturated rings. The molecule has 4 heteroatoms. The predicted octanol–water partition coefficient (Wildman–Crippen LogP) is 4.38. The standard InChI is InChI=1S/C24H29NO3/c1-17-9-8-14-22(18(17)2)25-23(26)16-28-24(27)21-13-7-6-12-20(21)15-19-10-4-3-5-11-19/h3-7,10-13,17-18,22H,8-9,14-16H2,1-2H3,(H,25,26)/t17-,18-,22-/m1/s1. The van der Waals surface area contributed by atoms with Gasteiger partial charge in [0.15, 0.2) is 6.61 Å². The van der Waals surface area contributed by atoms with Crippen molar-refractivity contribution in [2.75, 3.05) is 6.61 Å². The third-order valence-corrected chi connectivity index (χ3v) is 5.86. The molecule has 0 unspecified atom stereocenters. The van der Waals surface area contributed by atoms with Crippen LogP contribution in [-0.4, -0.2) is 24.5 Å². The van der Waals surface area contributed by atoms with Crippen molar-refractivity contribution in [1.29, 1.82) is 0 Å². The first-order chi connectivity index (χ1) is 13.5. The van der Waals surface area contributed by atoms with Gasteiger partial charge in [-0.3, -0.25) is 4.79 Å². The Morgan fingerprint density at radius 3 is 2.50 bits per heavy atom. The van der Waals surface area contributed by atoms with Crippen LogP contribution in [0.25, 0.3) is 0 Å². The van der Waals surface area contributed by atoms with Crippen LogP contribution in [0.1, 0.15) is 54.6 Å². The molecule has 1 amide bonds. The molecule has 0 radical (unpaired) electrons. The lowest BCUT2D eigenvalue weighted by atomic mass is 9.78. The van der Waals surface area contributed by atoms with E-state index in [1.54, 1.807) is 6.07 Å². The van der Waals surface area contributed by atoms with E-state index in [-0.39, 0.29) is 18.6 Å². The number of carbonyl (C=O) groups excluding carboxylic acids is 2. The Morgan fingerprint density at radius 1 is 1.00 bits per heavy atom. The monoisotopic (exact) mass is 379 g/mol. The third kappa shape index (κ3) is 5.22. The SMILES string of the molecule is C[C@@H]1[C@H](C)CCC[C@H]1NC(=O)COC(=O)c1ccccc1Cc1ccccc1. The quantitative estimate of drug-likeness (QED) is 0.758. The van der Waals surface area contributed by atoms with Crippen molar-refractivity contribution in [2.45, 2.75) is 45.6 Å². The summed E-state index contributed by atoms with van der Waals surface area (Å²) in [5, 5.41) is 3.04. The maximum atomic E-state index is 12.6. The van der Waals surface area contributed by atoms with Gasteiger partial charge in [-0.25, -0.2) is 4.79 Å². The Labute approximate surface area is 167 Å². The van der Waals surface area contributed by atoms with Gasteiger partial charge in [0.2, 0.25) is 0 Å². The highest BCUT2D eigenvalue weighted by molar-refractivity contribution is 5.92. The van der Waals surface area contributed by atoms with Crippen LogP contribution in [0.4, 0.5) is 0 Å². The van der Waals surface area contributed by atoms with Gasteiger partial charge in [-0.05, 0) is 41.9 Å². The van der Waals surface area contributed by atoms with Crippen LogP contribution in [0.3, 0.4) is 0 Å². The van der Waals surface area contributed by atoms with Crippen LogP contribution >= 0.6 is 0 Å². The molecule has 1 saturated carbocycles. The first-order valence-electron chi connectivity index (χ1n) is 10.1. The minimum Gasteiger partial charge on any atom is -0.452 e. The Balaban J connectivity index is 1.57. The van der Waals surface area contributed by atoms with E-state index in [2.05, 4.69) is 19.2 Å². The number of benzene rings is 2. The molecule has 2 aromatic rings. The summed E-state index contributed by atoms with van der Waals surface area (Å²) in [7, 11) is 0. The van der Waals surface area contributed by atoms with Gasteiger partial charge in [-0.2, -0.15) is 0 Å². The zero-order chi connectivity index (χ0) is 19.9. The van der Waals surface area contributed by atoms with E-state index in [9.17, 15) is 9.59 Å². The maximum absolute atomic E-state index is 12.6. The van der Waals surface area contributed by atoms with Crippen LogP contribution in [0.5, 0.6) is 0 Å². The molecule has 1 aliphatic rings. The van der Waals surface area contributed by atoms with E-state index in [0.717, 1.165) is 24.0 Å². The van der Waals surface area contributed by atoms with E-state index >= 15 is 0 Å². The third-order valence-electron chi connectivity index (χ3n) is 5.86. The van der Waals surface area contributed by atoms with Crippen LogP contribution in [0.15, 0.2) is 54.6 Å². The smallest absolute Gasteiger partial charge is 0.338 e. The lowest BCUT2D eigenvalue weighted by Gasteiger charge is -2.34. The van der Waals surface area contributed by atoms with Crippen molar-refractivity contribution in [2.24, 2.45) is 11.8 Å². The van der Waals surface area contributed by atoms with Crippen LogP contribution in [0.2, 0.25) is 0 Å². The Morgan fingerprint density at radius 2 is 1.71 bits per heavy atom. The molecule has 2 aromatic carbocycles. The summed E-state index contributed by atoms with van der Waals surface area (Å²) >= 11 is 0. The van der Waals surface area contributed by atoms with Gasteiger partial charge in [-0.1, -0.05) is 75.2 Å². The first-order valence-corrected chi connectivity index (χ1v) is 10.1. The Bertz CT molecular complexity index is 803. The number of nitrogens with one attached hydrogen (secondary N) is 1. The lowest BCUT2D eigenvalue weighted by molar-refractivity contribution is -0.125. The second-order valence-electron chi connectivity index (χ2n) is 7.84. The van der Waals surface area contributed by atoms with E-state index in [4.69, 9.17) is 4.74 Å². The number of rotatable bonds is 6. The average molecular weight is 380 g/mol. The lowest BCUT2D eigenvalue weighted by Crippen LogP contribution is -2.45. The molecule has 1 N–H and O–H groups in total. The van der Waals surface area contributed by atoms with Gasteiger partial charge >= 0.3 is 5.97 Å². The van der Waals surface area contributed by atoms with Crippen molar-refractivity contribution in [3.63, 3.8) is 0 Å². The fourth-order valence-electron chi connectivity index (χ4n) is 3.93. The fraction of sp³-hybridized carbons (Fsp3) is 0.417. The van der Waals surface area contributed by atoms with Crippen molar-refractivity contribution < 1.29 is 14.3 Å². The summed E-state index contributed by atoms with van der Waals surface area (Å²) in [6.45, 7) is 4.17. The summed E-state index contributed by atoms with van der Waals surface area (Å²) < 4.78 is 5.32. The van der Waals surface area contributed by atoms with Gasteiger partial charge in [0.1, 0.15) is 0 Å². The van der Waals surface area contributed by atoms with Crippen molar-refractivity contribution in [1.82, 2.24) is 5.32 Å². The molecule has 1 aliphatic carbocycles. The number of hydrogen-bond donors (Lipinski definition) is 1. The van der Waals surface area contributed by atoms with Crippen molar-refractivity contribution in [3.8, 4) is 0 Å². The van der Waals surface area contributed by atoms with Crippen LogP contribution < -0.4 is 5.32 Å². The van der Waals surface area contributed by atoms with Crippen molar-refractivity contribution >= 4 is 11.9 Å². The molecule has 0 saturated heterocycles. The highest BCUT2D eigenvalue weighted by atomic mass is 16.5. The highest BCUT2D eigenvalue weighted by Crippen LogP contribution is 2.29. The molecule has 28 heavy (non-hydrogen) atoms. The van der Waals surface area contributed by atoms with Crippen LogP contribution in [-0.2, 0) is 16.0 Å². The van der Waals surface area contributed by atoms with Gasteiger partial charge in [-0.15, -0.1) is 0 Å². The van der Waals surface area contributed by atoms with Gasteiger partial charge < -0.3 is 10.1 Å². The topological polar surface area (TPSA) is 55.4 Å². The summed E-state index contributed by atoms with van der Waals surface area (Å²) in [4.78, 5) is 24.9. The largest absolute Gasteiger partial charge is 0.452 e. The minimum atomic E-state index is -0.452. The minimum absolute atomic E-state index is 0.167. The Kier molecular flexibility index (Phi) is 6.85. The maximum Gasteiger partial charge on any atom is 0.338 e. The van der Waals surface area contributed by atoms with Gasteiger partial charge in [0.05, 0.1) is 5.56 Å². The Hall–Kier alpha value is -2.62. The molecule has 148 valence electrons. The number of carbonyl (C=O) groups is 2. The molecule has 0 spiro atoms. The number of amides is 1. The van der Waals surface area contributed by atoms with E-state index in [0.29, 0.717) is 23.8 Å². The van der Waals surface area contributed by atoms with Crippen LogP contribution in [0, 0.1) is 11.8 Å². The molecule has 0 aliphatic heterocycles. The second-order valence-corrected chi connectivity index (χ2v) is 7.84. The second kappa shape index (κ2) is 9.54. The van der Waals surface area contributed by atoms with E-state index in [1.807, 2.05) is 48.5 Å². The molecule has 4 nitrogen and oxygen atoms in total. The normalized spacial score (nSPS) is 21.7. The summed E-state index contributed by atoms with van der Waals surface area (Å²) in [5.74, 6) is 0.373. The average Bonchev–Trinajstić information content (AvgIpc) is 2.71. The molecule has 0 bridgehead atoms. The molecule has 3 rings (SSSR count). The predicted molar refractivity (Wildman–Crippen MR) is 110 cm³/mol. The highest BCUT2D eigenvalue weighted by Gasteiger charge is 2.28. The summed E-state index contributed by atoms with van der Waals surface area (Å²) in [6.07, 6.45) is 3.98. The number of esters is 1. The first kappa shape index (κ1) is 20.1. The van der Waals surface area contributed by atoms with Gasteiger partial charge in [0, 0.05) is 6.04 Å². The summed E-state index contributed by atoms with van der Waals surface area (Å²) in [5.41, 5.74) is 2.54. The number of ether oxygens (including phenoxy) is 1. The zero-order valence-corrected chi connectivity index (χ0v) is 16.7. The zero-order valence-electron chi connectivity index (χ0n) is 16.7. The van der Waals surface area contributed by atoms with Crippen molar-refractivity contribution in [3.05, 3.63) is 71.3 Å². The summed E-state index contributed by atoms with van der Waals surface area (Å²) in [6, 6.07) is 17.6. The molecule has 0 heterocycles. The van der Waals surface area contributed by atoms with E-state index < -0.39 is 5.97 Å². The molecule has 3 atom stereocenters. The molecular formula is C24H29NO3.